The van der Waals surface area contributed by atoms with Gasteiger partial charge in [-0.2, -0.15) is 4.37 Å². The van der Waals surface area contributed by atoms with Crippen LogP contribution in [0.25, 0.3) is 28.0 Å². The summed E-state index contributed by atoms with van der Waals surface area (Å²) < 4.78 is 15.0. The van der Waals surface area contributed by atoms with Crippen LogP contribution in [0.15, 0.2) is 42.7 Å². The minimum absolute atomic E-state index is 0.573. The lowest BCUT2D eigenvalue weighted by atomic mass is 10.0. The Hall–Kier alpha value is -2.37. The maximum absolute atomic E-state index is 6.29. The lowest BCUT2D eigenvalue weighted by Gasteiger charge is -2.06. The molecule has 0 fully saturated rings. The Balaban J connectivity index is 1.93. The van der Waals surface area contributed by atoms with Crippen LogP contribution in [0.2, 0.25) is 5.02 Å². The highest BCUT2D eigenvalue weighted by Gasteiger charge is 2.13. The molecular formula is C20H19ClN2O2S. The lowest BCUT2D eigenvalue weighted by Crippen LogP contribution is -1.92. The number of halogens is 1. The van der Waals surface area contributed by atoms with Gasteiger partial charge in [0.05, 0.1) is 25.0 Å². The monoisotopic (exact) mass is 386 g/mol. The highest BCUT2D eigenvalue weighted by atomic mass is 35.5. The van der Waals surface area contributed by atoms with Crippen LogP contribution < -0.4 is 4.74 Å². The first-order valence-corrected chi connectivity index (χ1v) is 9.35. The van der Waals surface area contributed by atoms with E-state index in [9.17, 15) is 0 Å². The SMILES string of the molecule is CCOc1ccc(-c2nc(-c3cccc(/C=C/OC)c3C)ns2)cc1Cl. The van der Waals surface area contributed by atoms with Crippen LogP contribution in [0.3, 0.4) is 0 Å². The van der Waals surface area contributed by atoms with Crippen molar-refractivity contribution in [2.75, 3.05) is 13.7 Å². The summed E-state index contributed by atoms with van der Waals surface area (Å²) in [6, 6.07) is 11.7. The van der Waals surface area contributed by atoms with E-state index < -0.39 is 0 Å². The molecular weight excluding hydrogens is 368 g/mol. The van der Waals surface area contributed by atoms with Crippen LogP contribution in [-0.2, 0) is 4.74 Å². The molecule has 0 atom stereocenters. The second-order valence-corrected chi connectivity index (χ2v) is 6.72. The molecule has 134 valence electrons. The number of hydrogen-bond donors (Lipinski definition) is 0. The smallest absolute Gasteiger partial charge is 0.173 e. The third kappa shape index (κ3) is 3.89. The van der Waals surface area contributed by atoms with Crippen molar-refractivity contribution in [1.82, 2.24) is 9.36 Å². The number of rotatable bonds is 6. The first kappa shape index (κ1) is 18.4. The van der Waals surface area contributed by atoms with Gasteiger partial charge in [-0.15, -0.1) is 0 Å². The molecule has 0 unspecified atom stereocenters. The van der Waals surface area contributed by atoms with Gasteiger partial charge in [-0.05, 0) is 60.8 Å². The molecule has 0 amide bonds. The predicted octanol–water partition coefficient (Wildman–Crippen LogP) is 5.85. The standard InChI is InChI=1S/C20H19ClN2O2S/c1-4-25-18-9-8-15(12-17(18)21)20-22-19(23-26-20)16-7-5-6-14(13(16)2)10-11-24-3/h5-12H,4H2,1-3H3/b11-10+. The maximum atomic E-state index is 6.29. The van der Waals surface area contributed by atoms with E-state index in [4.69, 9.17) is 26.1 Å². The van der Waals surface area contributed by atoms with Crippen molar-refractivity contribution in [2.24, 2.45) is 0 Å². The summed E-state index contributed by atoms with van der Waals surface area (Å²) in [5, 5.41) is 1.39. The zero-order valence-corrected chi connectivity index (χ0v) is 16.4. The van der Waals surface area contributed by atoms with Gasteiger partial charge >= 0.3 is 0 Å². The van der Waals surface area contributed by atoms with Crippen molar-refractivity contribution in [2.45, 2.75) is 13.8 Å². The summed E-state index contributed by atoms with van der Waals surface area (Å²) in [4.78, 5) is 4.70. The highest BCUT2D eigenvalue weighted by molar-refractivity contribution is 7.09. The largest absolute Gasteiger partial charge is 0.504 e. The van der Waals surface area contributed by atoms with E-state index in [1.165, 1.54) is 11.5 Å². The first-order chi connectivity index (χ1) is 12.6. The quantitative estimate of drug-likeness (QED) is 0.498. The molecule has 1 heterocycles. The highest BCUT2D eigenvalue weighted by Crippen LogP contribution is 2.33. The van der Waals surface area contributed by atoms with Gasteiger partial charge in [-0.1, -0.05) is 29.8 Å². The van der Waals surface area contributed by atoms with Crippen LogP contribution >= 0.6 is 23.1 Å². The Labute approximate surface area is 162 Å². The summed E-state index contributed by atoms with van der Waals surface area (Å²) in [6.07, 6.45) is 3.59. The fraction of sp³-hybridized carbons (Fsp3) is 0.200. The van der Waals surface area contributed by atoms with E-state index in [1.54, 1.807) is 13.4 Å². The summed E-state index contributed by atoms with van der Waals surface area (Å²) in [7, 11) is 1.63. The molecule has 3 rings (SSSR count). The van der Waals surface area contributed by atoms with Crippen LogP contribution in [0.5, 0.6) is 5.75 Å². The molecule has 0 spiro atoms. The Bertz CT molecular complexity index is 937. The maximum Gasteiger partial charge on any atom is 0.173 e. The van der Waals surface area contributed by atoms with Crippen molar-refractivity contribution >= 4 is 29.2 Å². The molecule has 0 aliphatic carbocycles. The summed E-state index contributed by atoms with van der Waals surface area (Å²) >= 11 is 7.64. The molecule has 0 saturated carbocycles. The molecule has 3 aromatic rings. The molecule has 0 N–H and O–H groups in total. The van der Waals surface area contributed by atoms with E-state index >= 15 is 0 Å². The van der Waals surface area contributed by atoms with Gasteiger partial charge in [0.25, 0.3) is 0 Å². The Morgan fingerprint density at radius 2 is 2.08 bits per heavy atom. The molecule has 6 heteroatoms. The molecule has 0 aliphatic rings. The van der Waals surface area contributed by atoms with Gasteiger partial charge in [-0.25, -0.2) is 4.98 Å². The van der Waals surface area contributed by atoms with Crippen molar-refractivity contribution < 1.29 is 9.47 Å². The Morgan fingerprint density at radius 3 is 2.81 bits per heavy atom. The molecule has 2 aromatic carbocycles. The zero-order valence-electron chi connectivity index (χ0n) is 14.8. The zero-order chi connectivity index (χ0) is 18.5. The lowest BCUT2D eigenvalue weighted by molar-refractivity contribution is 0.340. The fourth-order valence-corrected chi connectivity index (χ4v) is 3.48. The molecule has 0 aliphatic heterocycles. The summed E-state index contributed by atoms with van der Waals surface area (Å²) in [6.45, 7) is 4.56. The van der Waals surface area contributed by atoms with Crippen LogP contribution in [0.4, 0.5) is 0 Å². The molecule has 26 heavy (non-hydrogen) atoms. The van der Waals surface area contributed by atoms with Gasteiger partial charge in [0.2, 0.25) is 0 Å². The van der Waals surface area contributed by atoms with Gasteiger partial charge in [0, 0.05) is 11.1 Å². The van der Waals surface area contributed by atoms with Gasteiger partial charge in [0.1, 0.15) is 10.8 Å². The molecule has 0 bridgehead atoms. The third-order valence-electron chi connectivity index (χ3n) is 3.90. The Morgan fingerprint density at radius 1 is 1.23 bits per heavy atom. The third-order valence-corrected chi connectivity index (χ3v) is 4.96. The van der Waals surface area contributed by atoms with Gasteiger partial charge in [0.15, 0.2) is 5.82 Å². The average molecular weight is 387 g/mol. The van der Waals surface area contributed by atoms with E-state index in [0.29, 0.717) is 23.2 Å². The van der Waals surface area contributed by atoms with Crippen LogP contribution in [0.1, 0.15) is 18.1 Å². The van der Waals surface area contributed by atoms with E-state index in [-0.39, 0.29) is 0 Å². The van der Waals surface area contributed by atoms with Gasteiger partial charge < -0.3 is 9.47 Å². The normalized spacial score (nSPS) is 11.1. The van der Waals surface area contributed by atoms with Crippen molar-refractivity contribution in [1.29, 1.82) is 0 Å². The fourth-order valence-electron chi connectivity index (χ4n) is 2.57. The molecule has 0 saturated heterocycles. The van der Waals surface area contributed by atoms with Crippen LogP contribution in [0, 0.1) is 6.92 Å². The van der Waals surface area contributed by atoms with Gasteiger partial charge in [-0.3, -0.25) is 0 Å². The average Bonchev–Trinajstić information content (AvgIpc) is 3.12. The van der Waals surface area contributed by atoms with E-state index in [0.717, 1.165) is 27.3 Å². The number of benzene rings is 2. The number of ether oxygens (including phenoxy) is 2. The topological polar surface area (TPSA) is 44.2 Å². The molecule has 4 nitrogen and oxygen atoms in total. The number of aromatic nitrogens is 2. The Kier molecular flexibility index (Phi) is 5.91. The van der Waals surface area contributed by atoms with Crippen molar-refractivity contribution in [3.8, 4) is 27.7 Å². The number of hydrogen-bond acceptors (Lipinski definition) is 5. The summed E-state index contributed by atoms with van der Waals surface area (Å²) in [5.74, 6) is 1.39. The predicted molar refractivity (Wildman–Crippen MR) is 108 cm³/mol. The molecule has 1 aromatic heterocycles. The van der Waals surface area contributed by atoms with Crippen LogP contribution in [-0.4, -0.2) is 23.1 Å². The second kappa shape index (κ2) is 8.34. The minimum atomic E-state index is 0.573. The second-order valence-electron chi connectivity index (χ2n) is 5.56. The summed E-state index contributed by atoms with van der Waals surface area (Å²) in [5.41, 5.74) is 4.11. The van der Waals surface area contributed by atoms with Crippen molar-refractivity contribution in [3.05, 3.63) is 58.8 Å². The van der Waals surface area contributed by atoms with Crippen molar-refractivity contribution in [3.63, 3.8) is 0 Å². The number of methoxy groups -OCH3 is 1. The molecule has 0 radical (unpaired) electrons. The first-order valence-electron chi connectivity index (χ1n) is 8.19. The van der Waals surface area contributed by atoms with E-state index in [1.807, 2.05) is 49.4 Å². The van der Waals surface area contributed by atoms with E-state index in [2.05, 4.69) is 11.3 Å². The number of nitrogens with zero attached hydrogens (tertiary/aromatic N) is 2. The minimum Gasteiger partial charge on any atom is -0.504 e.